The summed E-state index contributed by atoms with van der Waals surface area (Å²) in [7, 11) is 1.65. The van der Waals surface area contributed by atoms with Gasteiger partial charge in [0.05, 0.1) is 7.11 Å². The third-order valence-corrected chi connectivity index (χ3v) is 2.50. The number of aromatic nitrogens is 2. The van der Waals surface area contributed by atoms with E-state index >= 15 is 0 Å². The largest absolute Gasteiger partial charge is 0.497 e. The van der Waals surface area contributed by atoms with Crippen molar-refractivity contribution in [2.45, 2.75) is 26.3 Å². The molecular weight excluding hydrogens is 252 g/mol. The number of ether oxygens (including phenoxy) is 1. The van der Waals surface area contributed by atoms with Gasteiger partial charge in [0.1, 0.15) is 11.6 Å². The summed E-state index contributed by atoms with van der Waals surface area (Å²) in [4.78, 5) is 8.64. The number of benzene rings is 1. The third kappa shape index (κ3) is 4.12. The molecule has 2 N–H and O–H groups in total. The quantitative estimate of drug-likeness (QED) is 0.892. The molecule has 0 fully saturated rings. The second-order valence-electron chi connectivity index (χ2n) is 5.49. The van der Waals surface area contributed by atoms with E-state index in [9.17, 15) is 0 Å². The molecule has 0 saturated carbocycles. The summed E-state index contributed by atoms with van der Waals surface area (Å²) in [6.07, 6.45) is 1.73. The minimum absolute atomic E-state index is 0.0707. The number of nitrogens with zero attached hydrogens (tertiary/aromatic N) is 2. The van der Waals surface area contributed by atoms with Gasteiger partial charge >= 0.3 is 0 Å². The molecular formula is C15H20N4O. The van der Waals surface area contributed by atoms with Crippen LogP contribution < -0.4 is 15.4 Å². The van der Waals surface area contributed by atoms with Crippen LogP contribution in [0.3, 0.4) is 0 Å². The molecule has 0 atom stereocenters. The molecule has 1 heterocycles. The zero-order chi connectivity index (χ0) is 14.6. The van der Waals surface area contributed by atoms with Gasteiger partial charge in [-0.15, -0.1) is 0 Å². The molecule has 2 rings (SSSR count). The van der Waals surface area contributed by atoms with Gasteiger partial charge in [0, 0.05) is 17.4 Å². The molecule has 0 amide bonds. The van der Waals surface area contributed by atoms with Crippen LogP contribution in [0.25, 0.3) is 0 Å². The van der Waals surface area contributed by atoms with Gasteiger partial charge in [-0.25, -0.2) is 4.98 Å². The van der Waals surface area contributed by atoms with E-state index in [2.05, 4.69) is 41.4 Å². The average Bonchev–Trinajstić information content (AvgIpc) is 2.38. The highest BCUT2D eigenvalue weighted by molar-refractivity contribution is 5.57. The molecule has 0 aliphatic heterocycles. The predicted octanol–water partition coefficient (Wildman–Crippen LogP) is 3.44. The first-order valence-corrected chi connectivity index (χ1v) is 6.48. The third-order valence-electron chi connectivity index (χ3n) is 2.50. The van der Waals surface area contributed by atoms with Crippen molar-refractivity contribution in [3.63, 3.8) is 0 Å². The lowest BCUT2D eigenvalue weighted by Gasteiger charge is -2.20. The van der Waals surface area contributed by atoms with Crippen LogP contribution in [-0.4, -0.2) is 22.6 Å². The Balaban J connectivity index is 2.10. The lowest BCUT2D eigenvalue weighted by atomic mass is 10.1. The fraction of sp³-hybridized carbons (Fsp3) is 0.333. The molecule has 20 heavy (non-hydrogen) atoms. The second-order valence-corrected chi connectivity index (χ2v) is 5.49. The van der Waals surface area contributed by atoms with Gasteiger partial charge < -0.3 is 15.4 Å². The van der Waals surface area contributed by atoms with E-state index in [1.54, 1.807) is 13.3 Å². The Labute approximate surface area is 119 Å². The number of hydrogen-bond donors (Lipinski definition) is 2. The highest BCUT2D eigenvalue weighted by Gasteiger charge is 2.11. The summed E-state index contributed by atoms with van der Waals surface area (Å²) in [6.45, 7) is 6.21. The molecule has 5 heteroatoms. The van der Waals surface area contributed by atoms with Crippen LogP contribution in [0.5, 0.6) is 5.75 Å². The van der Waals surface area contributed by atoms with E-state index in [1.165, 1.54) is 0 Å². The zero-order valence-electron chi connectivity index (χ0n) is 12.3. The zero-order valence-corrected chi connectivity index (χ0v) is 12.3. The summed E-state index contributed by atoms with van der Waals surface area (Å²) in [5.74, 6) is 2.18. The van der Waals surface area contributed by atoms with E-state index in [4.69, 9.17) is 4.74 Å². The minimum atomic E-state index is -0.0707. The standard InChI is InChI=1S/C15H20N4O/c1-15(2,3)19-14-16-10-9-13(18-14)17-11-5-7-12(20-4)8-6-11/h5-10H,1-4H3,(H2,16,17,18,19). The molecule has 1 aromatic carbocycles. The van der Waals surface area contributed by atoms with E-state index in [0.717, 1.165) is 17.3 Å². The molecule has 1 aromatic heterocycles. The number of methoxy groups -OCH3 is 1. The van der Waals surface area contributed by atoms with Gasteiger partial charge in [-0.05, 0) is 51.1 Å². The fourth-order valence-corrected chi connectivity index (χ4v) is 1.65. The summed E-state index contributed by atoms with van der Waals surface area (Å²) < 4.78 is 5.13. The van der Waals surface area contributed by atoms with Crippen molar-refractivity contribution >= 4 is 17.5 Å². The van der Waals surface area contributed by atoms with Gasteiger partial charge in [0.2, 0.25) is 5.95 Å². The number of anilines is 3. The Morgan fingerprint density at radius 1 is 1.05 bits per heavy atom. The van der Waals surface area contributed by atoms with Crippen LogP contribution in [0.2, 0.25) is 0 Å². The van der Waals surface area contributed by atoms with Crippen LogP contribution in [-0.2, 0) is 0 Å². The maximum absolute atomic E-state index is 5.13. The van der Waals surface area contributed by atoms with Crippen LogP contribution in [0.15, 0.2) is 36.5 Å². The Kier molecular flexibility index (Phi) is 4.08. The summed E-state index contributed by atoms with van der Waals surface area (Å²) in [6, 6.07) is 9.52. The number of nitrogens with one attached hydrogen (secondary N) is 2. The fourth-order valence-electron chi connectivity index (χ4n) is 1.65. The molecule has 5 nitrogen and oxygen atoms in total. The maximum atomic E-state index is 5.13. The van der Waals surface area contributed by atoms with Crippen LogP contribution >= 0.6 is 0 Å². The van der Waals surface area contributed by atoms with Gasteiger partial charge in [-0.1, -0.05) is 0 Å². The van der Waals surface area contributed by atoms with Crippen molar-refractivity contribution in [1.82, 2.24) is 9.97 Å². The van der Waals surface area contributed by atoms with E-state index in [1.807, 2.05) is 30.3 Å². The smallest absolute Gasteiger partial charge is 0.225 e. The number of rotatable bonds is 4. The summed E-state index contributed by atoms with van der Waals surface area (Å²) >= 11 is 0. The maximum Gasteiger partial charge on any atom is 0.225 e. The van der Waals surface area contributed by atoms with Crippen molar-refractivity contribution in [2.24, 2.45) is 0 Å². The summed E-state index contributed by atoms with van der Waals surface area (Å²) in [5, 5.41) is 6.48. The molecule has 106 valence electrons. The highest BCUT2D eigenvalue weighted by Crippen LogP contribution is 2.19. The van der Waals surface area contributed by atoms with Gasteiger partial charge in [-0.3, -0.25) is 0 Å². The molecule has 0 aliphatic carbocycles. The Morgan fingerprint density at radius 2 is 1.75 bits per heavy atom. The first-order valence-electron chi connectivity index (χ1n) is 6.48. The monoisotopic (exact) mass is 272 g/mol. The summed E-state index contributed by atoms with van der Waals surface area (Å²) in [5.41, 5.74) is 0.879. The van der Waals surface area contributed by atoms with Gasteiger partial charge in [0.15, 0.2) is 0 Å². The molecule has 0 unspecified atom stereocenters. The minimum Gasteiger partial charge on any atom is -0.497 e. The molecule has 0 radical (unpaired) electrons. The average molecular weight is 272 g/mol. The molecule has 0 aliphatic rings. The Morgan fingerprint density at radius 3 is 2.35 bits per heavy atom. The molecule has 2 aromatic rings. The highest BCUT2D eigenvalue weighted by atomic mass is 16.5. The van der Waals surface area contributed by atoms with E-state index < -0.39 is 0 Å². The predicted molar refractivity (Wildman–Crippen MR) is 81.7 cm³/mol. The van der Waals surface area contributed by atoms with Gasteiger partial charge in [-0.2, -0.15) is 4.98 Å². The van der Waals surface area contributed by atoms with Crippen molar-refractivity contribution in [3.8, 4) is 5.75 Å². The SMILES string of the molecule is COc1ccc(Nc2ccnc(NC(C)(C)C)n2)cc1. The normalized spacial score (nSPS) is 11.0. The topological polar surface area (TPSA) is 59.1 Å². The first-order chi connectivity index (χ1) is 9.46. The van der Waals surface area contributed by atoms with E-state index in [-0.39, 0.29) is 5.54 Å². The van der Waals surface area contributed by atoms with Crippen LogP contribution in [0, 0.1) is 0 Å². The molecule has 0 spiro atoms. The van der Waals surface area contributed by atoms with Crippen molar-refractivity contribution in [3.05, 3.63) is 36.5 Å². The van der Waals surface area contributed by atoms with Crippen LogP contribution in [0.1, 0.15) is 20.8 Å². The molecule has 0 saturated heterocycles. The van der Waals surface area contributed by atoms with Crippen molar-refractivity contribution in [2.75, 3.05) is 17.7 Å². The second kappa shape index (κ2) is 5.77. The molecule has 0 bridgehead atoms. The van der Waals surface area contributed by atoms with Gasteiger partial charge in [0.25, 0.3) is 0 Å². The van der Waals surface area contributed by atoms with E-state index in [0.29, 0.717) is 5.95 Å². The van der Waals surface area contributed by atoms with Crippen molar-refractivity contribution < 1.29 is 4.74 Å². The number of hydrogen-bond acceptors (Lipinski definition) is 5. The lowest BCUT2D eigenvalue weighted by molar-refractivity contribution is 0.415. The Bertz CT molecular complexity index is 561. The lowest BCUT2D eigenvalue weighted by Crippen LogP contribution is -2.27. The van der Waals surface area contributed by atoms with Crippen LogP contribution in [0.4, 0.5) is 17.5 Å². The van der Waals surface area contributed by atoms with Crippen molar-refractivity contribution in [1.29, 1.82) is 0 Å². The Hall–Kier alpha value is -2.30. The first kappa shape index (κ1) is 14.1.